The molecule has 0 aliphatic rings. The van der Waals surface area contributed by atoms with Crippen molar-refractivity contribution in [1.29, 1.82) is 0 Å². The van der Waals surface area contributed by atoms with Crippen molar-refractivity contribution < 1.29 is 0 Å². The fourth-order valence-corrected chi connectivity index (χ4v) is 1.74. The van der Waals surface area contributed by atoms with E-state index >= 15 is 0 Å². The summed E-state index contributed by atoms with van der Waals surface area (Å²) in [6.45, 7) is 10.1. The molecule has 0 radical (unpaired) electrons. The van der Waals surface area contributed by atoms with Crippen molar-refractivity contribution in [1.82, 2.24) is 19.7 Å². The number of nitrogens with zero attached hydrogens (tertiary/aromatic N) is 4. The Morgan fingerprint density at radius 3 is 2.33 bits per heavy atom. The van der Waals surface area contributed by atoms with Gasteiger partial charge in [-0.1, -0.05) is 13.8 Å². The largest absolute Gasteiger partial charge is 0.317 e. The fraction of sp³-hybridized carbons (Fsp3) is 0.818. The maximum absolute atomic E-state index is 3.82. The van der Waals surface area contributed by atoms with Crippen LogP contribution in [0.3, 0.4) is 0 Å². The first-order valence-electron chi connectivity index (χ1n) is 5.84. The topological polar surface area (TPSA) is 34.0 Å². The highest BCUT2D eigenvalue weighted by Gasteiger charge is 2.05. The molecule has 1 rings (SSSR count). The minimum Gasteiger partial charge on any atom is -0.317 e. The van der Waals surface area contributed by atoms with E-state index < -0.39 is 0 Å². The van der Waals surface area contributed by atoms with Crippen LogP contribution in [0.1, 0.15) is 39.7 Å². The highest BCUT2D eigenvalue weighted by atomic mass is 15.2. The SMILES string of the molecule is CCN(CC)CCCC(C)n1cnnc1. The third-order valence-electron chi connectivity index (χ3n) is 2.94. The highest BCUT2D eigenvalue weighted by molar-refractivity contribution is 4.69. The quantitative estimate of drug-likeness (QED) is 0.690. The molecular formula is C11H22N4. The first kappa shape index (κ1) is 12.2. The standard InChI is InChI=1S/C11H22N4/c1-4-14(5-2)8-6-7-11(3)15-9-12-13-10-15/h9-11H,4-8H2,1-3H3. The van der Waals surface area contributed by atoms with E-state index in [-0.39, 0.29) is 0 Å². The molecule has 1 unspecified atom stereocenters. The van der Waals surface area contributed by atoms with Gasteiger partial charge in [0.25, 0.3) is 0 Å². The van der Waals surface area contributed by atoms with E-state index in [0.29, 0.717) is 6.04 Å². The van der Waals surface area contributed by atoms with Gasteiger partial charge in [0.1, 0.15) is 12.7 Å². The first-order chi connectivity index (χ1) is 7.27. The Bertz CT molecular complexity index is 241. The Hall–Kier alpha value is -0.900. The molecule has 0 spiro atoms. The predicted molar refractivity (Wildman–Crippen MR) is 61.8 cm³/mol. The Labute approximate surface area is 92.3 Å². The molecule has 4 nitrogen and oxygen atoms in total. The molecular weight excluding hydrogens is 188 g/mol. The zero-order valence-corrected chi connectivity index (χ0v) is 10.1. The number of hydrogen-bond donors (Lipinski definition) is 0. The molecule has 0 saturated carbocycles. The van der Waals surface area contributed by atoms with Gasteiger partial charge in [-0.25, -0.2) is 0 Å². The molecule has 0 aliphatic carbocycles. The van der Waals surface area contributed by atoms with Crippen molar-refractivity contribution in [2.45, 2.75) is 39.7 Å². The van der Waals surface area contributed by atoms with Crippen molar-refractivity contribution in [2.24, 2.45) is 0 Å². The van der Waals surface area contributed by atoms with Crippen molar-refractivity contribution in [2.75, 3.05) is 19.6 Å². The van der Waals surface area contributed by atoms with Gasteiger partial charge in [-0.2, -0.15) is 0 Å². The second kappa shape index (κ2) is 6.56. The molecule has 86 valence electrons. The normalized spacial score (nSPS) is 13.3. The predicted octanol–water partition coefficient (Wildman–Crippen LogP) is 1.96. The molecule has 0 N–H and O–H groups in total. The Kier molecular flexibility index (Phi) is 5.32. The lowest BCUT2D eigenvalue weighted by molar-refractivity contribution is 0.288. The molecule has 0 fully saturated rings. The Balaban J connectivity index is 2.20. The van der Waals surface area contributed by atoms with Gasteiger partial charge >= 0.3 is 0 Å². The molecule has 1 aromatic rings. The minimum atomic E-state index is 0.510. The summed E-state index contributed by atoms with van der Waals surface area (Å²) < 4.78 is 2.07. The van der Waals surface area contributed by atoms with Gasteiger partial charge in [-0.05, 0) is 39.4 Å². The first-order valence-corrected chi connectivity index (χ1v) is 5.84. The van der Waals surface area contributed by atoms with Gasteiger partial charge < -0.3 is 9.47 Å². The van der Waals surface area contributed by atoms with Crippen LogP contribution < -0.4 is 0 Å². The monoisotopic (exact) mass is 210 g/mol. The zero-order chi connectivity index (χ0) is 11.1. The average molecular weight is 210 g/mol. The molecule has 1 atom stereocenters. The zero-order valence-electron chi connectivity index (χ0n) is 10.1. The summed E-state index contributed by atoms with van der Waals surface area (Å²) in [6, 6.07) is 0.510. The number of aromatic nitrogens is 3. The van der Waals surface area contributed by atoms with E-state index in [2.05, 4.69) is 40.4 Å². The van der Waals surface area contributed by atoms with Crippen LogP contribution in [0.5, 0.6) is 0 Å². The second-order valence-electron chi connectivity index (χ2n) is 3.93. The minimum absolute atomic E-state index is 0.510. The Morgan fingerprint density at radius 2 is 1.80 bits per heavy atom. The van der Waals surface area contributed by atoms with Crippen molar-refractivity contribution >= 4 is 0 Å². The number of rotatable bonds is 7. The third kappa shape index (κ3) is 4.00. The lowest BCUT2D eigenvalue weighted by atomic mass is 10.2. The molecule has 4 heteroatoms. The maximum atomic E-state index is 3.82. The van der Waals surface area contributed by atoms with Crippen molar-refractivity contribution in [3.8, 4) is 0 Å². The fourth-order valence-electron chi connectivity index (χ4n) is 1.74. The summed E-state index contributed by atoms with van der Waals surface area (Å²) in [6.07, 6.45) is 6.01. The van der Waals surface area contributed by atoms with Crippen molar-refractivity contribution in [3.05, 3.63) is 12.7 Å². The number of hydrogen-bond acceptors (Lipinski definition) is 3. The molecule has 1 aromatic heterocycles. The van der Waals surface area contributed by atoms with Crippen LogP contribution in [-0.2, 0) is 0 Å². The van der Waals surface area contributed by atoms with Crippen LogP contribution >= 0.6 is 0 Å². The molecule has 0 amide bonds. The van der Waals surface area contributed by atoms with Crippen LogP contribution in [-0.4, -0.2) is 39.3 Å². The molecule has 0 aromatic carbocycles. The van der Waals surface area contributed by atoms with Gasteiger partial charge in [-0.15, -0.1) is 10.2 Å². The molecule has 0 saturated heterocycles. The van der Waals surface area contributed by atoms with Gasteiger partial charge in [0.05, 0.1) is 0 Å². The van der Waals surface area contributed by atoms with Crippen LogP contribution in [0.25, 0.3) is 0 Å². The van der Waals surface area contributed by atoms with Crippen LogP contribution in [0.4, 0.5) is 0 Å². The Morgan fingerprint density at radius 1 is 1.20 bits per heavy atom. The summed E-state index contributed by atoms with van der Waals surface area (Å²) in [4.78, 5) is 2.46. The second-order valence-corrected chi connectivity index (χ2v) is 3.93. The summed E-state index contributed by atoms with van der Waals surface area (Å²) >= 11 is 0. The van der Waals surface area contributed by atoms with E-state index in [1.807, 2.05) is 0 Å². The summed E-state index contributed by atoms with van der Waals surface area (Å²) in [5.41, 5.74) is 0. The third-order valence-corrected chi connectivity index (χ3v) is 2.94. The molecule has 0 bridgehead atoms. The van der Waals surface area contributed by atoms with Gasteiger partial charge in [0.2, 0.25) is 0 Å². The highest BCUT2D eigenvalue weighted by Crippen LogP contribution is 2.11. The van der Waals surface area contributed by atoms with Gasteiger partial charge in [0, 0.05) is 6.04 Å². The molecule has 0 aliphatic heterocycles. The maximum Gasteiger partial charge on any atom is 0.119 e. The van der Waals surface area contributed by atoms with E-state index in [9.17, 15) is 0 Å². The molecule has 1 heterocycles. The van der Waals surface area contributed by atoms with Crippen LogP contribution in [0, 0.1) is 0 Å². The van der Waals surface area contributed by atoms with Gasteiger partial charge in [0.15, 0.2) is 0 Å². The average Bonchev–Trinajstić information content (AvgIpc) is 2.77. The van der Waals surface area contributed by atoms with Crippen molar-refractivity contribution in [3.63, 3.8) is 0 Å². The lowest BCUT2D eigenvalue weighted by Crippen LogP contribution is -2.24. The summed E-state index contributed by atoms with van der Waals surface area (Å²) in [7, 11) is 0. The summed E-state index contributed by atoms with van der Waals surface area (Å²) in [5.74, 6) is 0. The lowest BCUT2D eigenvalue weighted by Gasteiger charge is -2.19. The van der Waals surface area contributed by atoms with E-state index in [1.165, 1.54) is 19.4 Å². The van der Waals surface area contributed by atoms with Crippen LogP contribution in [0.15, 0.2) is 12.7 Å². The van der Waals surface area contributed by atoms with E-state index in [0.717, 1.165) is 13.1 Å². The van der Waals surface area contributed by atoms with E-state index in [1.54, 1.807) is 12.7 Å². The van der Waals surface area contributed by atoms with E-state index in [4.69, 9.17) is 0 Å². The smallest absolute Gasteiger partial charge is 0.119 e. The molecule has 15 heavy (non-hydrogen) atoms. The van der Waals surface area contributed by atoms with Crippen LogP contribution in [0.2, 0.25) is 0 Å². The van der Waals surface area contributed by atoms with Gasteiger partial charge in [-0.3, -0.25) is 0 Å². The summed E-state index contributed by atoms with van der Waals surface area (Å²) in [5, 5.41) is 7.64.